The summed E-state index contributed by atoms with van der Waals surface area (Å²) in [6, 6.07) is 13.9. The van der Waals surface area contributed by atoms with Gasteiger partial charge in [-0.2, -0.15) is 5.26 Å². The summed E-state index contributed by atoms with van der Waals surface area (Å²) in [5.41, 5.74) is 1.63. The highest BCUT2D eigenvalue weighted by atomic mass is 35.5. The lowest BCUT2D eigenvalue weighted by atomic mass is 10.2. The Morgan fingerprint density at radius 3 is 2.71 bits per heavy atom. The Balaban J connectivity index is 1.74. The first-order valence-electron chi connectivity index (χ1n) is 8.79. The van der Waals surface area contributed by atoms with Gasteiger partial charge in [-0.05, 0) is 56.2 Å². The third-order valence-electron chi connectivity index (χ3n) is 3.90. The largest absolute Gasteiger partial charge is 0.493 e. The van der Waals surface area contributed by atoms with Gasteiger partial charge in [0.05, 0.1) is 17.9 Å². The fourth-order valence-electron chi connectivity index (χ4n) is 2.41. The van der Waals surface area contributed by atoms with E-state index in [9.17, 15) is 9.59 Å². The lowest BCUT2D eigenvalue weighted by Gasteiger charge is -2.14. The van der Waals surface area contributed by atoms with Crippen LogP contribution in [0.3, 0.4) is 0 Å². The summed E-state index contributed by atoms with van der Waals surface area (Å²) in [6.45, 7) is 3.71. The van der Waals surface area contributed by atoms with Crippen molar-refractivity contribution in [3.63, 3.8) is 0 Å². The van der Waals surface area contributed by atoms with E-state index in [-0.39, 0.29) is 6.42 Å². The number of carbonyl (C=O) groups is 2. The van der Waals surface area contributed by atoms with E-state index in [2.05, 4.69) is 5.32 Å². The number of nitriles is 1. The number of nitrogens with zero attached hydrogens (tertiary/aromatic N) is 1. The van der Waals surface area contributed by atoms with E-state index in [1.165, 1.54) is 6.92 Å². The van der Waals surface area contributed by atoms with Crippen LogP contribution in [0.5, 0.6) is 5.75 Å². The zero-order valence-corrected chi connectivity index (χ0v) is 16.5. The van der Waals surface area contributed by atoms with Gasteiger partial charge < -0.3 is 14.8 Å². The zero-order chi connectivity index (χ0) is 20.5. The van der Waals surface area contributed by atoms with Gasteiger partial charge in [0.25, 0.3) is 5.91 Å². The van der Waals surface area contributed by atoms with Crippen LogP contribution < -0.4 is 10.1 Å². The van der Waals surface area contributed by atoms with Gasteiger partial charge in [-0.25, -0.2) is 0 Å². The number of carbonyl (C=O) groups excluding carboxylic acids is 2. The van der Waals surface area contributed by atoms with Crippen molar-refractivity contribution in [3.05, 3.63) is 58.6 Å². The molecule has 0 saturated carbocycles. The van der Waals surface area contributed by atoms with Crippen molar-refractivity contribution in [3.8, 4) is 11.8 Å². The molecule has 146 valence electrons. The topological polar surface area (TPSA) is 88.4 Å². The molecule has 0 radical (unpaired) electrons. The average Bonchev–Trinajstić information content (AvgIpc) is 2.67. The fraction of sp³-hybridized carbons (Fsp3) is 0.286. The van der Waals surface area contributed by atoms with Crippen molar-refractivity contribution in [1.29, 1.82) is 5.26 Å². The molecule has 0 bridgehead atoms. The number of hydrogen-bond acceptors (Lipinski definition) is 5. The molecule has 0 spiro atoms. The van der Waals surface area contributed by atoms with E-state index < -0.39 is 18.0 Å². The summed E-state index contributed by atoms with van der Waals surface area (Å²) >= 11 is 5.90. The maximum absolute atomic E-state index is 12.2. The molecule has 2 aromatic carbocycles. The molecule has 0 unspecified atom stereocenters. The van der Waals surface area contributed by atoms with E-state index in [1.54, 1.807) is 42.5 Å². The van der Waals surface area contributed by atoms with Crippen LogP contribution in [0.1, 0.15) is 30.9 Å². The highest BCUT2D eigenvalue weighted by molar-refractivity contribution is 6.30. The molecule has 1 atom stereocenters. The predicted molar refractivity (Wildman–Crippen MR) is 106 cm³/mol. The normalized spacial score (nSPS) is 11.2. The molecule has 0 aromatic heterocycles. The van der Waals surface area contributed by atoms with Crippen molar-refractivity contribution in [2.45, 2.75) is 32.8 Å². The molecule has 0 heterocycles. The molecule has 0 saturated heterocycles. The SMILES string of the molecule is Cc1cc(Cl)ccc1OCCCC(=O)O[C@H](C)C(=O)Nc1ccccc1C#N. The number of anilines is 1. The quantitative estimate of drug-likeness (QED) is 0.528. The third-order valence-corrected chi connectivity index (χ3v) is 4.14. The van der Waals surface area contributed by atoms with Crippen molar-refractivity contribution in [2.75, 3.05) is 11.9 Å². The first-order chi connectivity index (χ1) is 13.4. The van der Waals surface area contributed by atoms with Gasteiger partial charge in [0, 0.05) is 11.4 Å². The van der Waals surface area contributed by atoms with Gasteiger partial charge in [0.1, 0.15) is 11.8 Å². The molecule has 0 aliphatic rings. The Morgan fingerprint density at radius 1 is 1.25 bits per heavy atom. The Hall–Kier alpha value is -3.04. The standard InChI is InChI=1S/C21H21ClN2O4/c1-14-12-17(22)9-10-19(14)27-11-5-8-20(25)28-15(2)21(26)24-18-7-4-3-6-16(18)13-23/h3-4,6-7,9-10,12,15H,5,8,11H2,1-2H3,(H,24,26)/t15-/m1/s1. The van der Waals surface area contributed by atoms with E-state index in [1.807, 2.05) is 13.0 Å². The number of hydrogen-bond donors (Lipinski definition) is 1. The molecular weight excluding hydrogens is 380 g/mol. The zero-order valence-electron chi connectivity index (χ0n) is 15.7. The molecule has 1 amide bonds. The van der Waals surface area contributed by atoms with Crippen molar-refractivity contribution < 1.29 is 19.1 Å². The molecule has 1 N–H and O–H groups in total. The molecule has 0 aliphatic heterocycles. The number of halogens is 1. The fourth-order valence-corrected chi connectivity index (χ4v) is 2.63. The Bertz CT molecular complexity index is 892. The Labute approximate surface area is 169 Å². The maximum atomic E-state index is 12.2. The van der Waals surface area contributed by atoms with Crippen LogP contribution in [-0.2, 0) is 14.3 Å². The minimum absolute atomic E-state index is 0.124. The second-order valence-corrected chi connectivity index (χ2v) is 6.58. The summed E-state index contributed by atoms with van der Waals surface area (Å²) in [7, 11) is 0. The van der Waals surface area contributed by atoms with E-state index in [0.717, 1.165) is 5.56 Å². The van der Waals surface area contributed by atoms with E-state index in [0.29, 0.717) is 35.1 Å². The molecule has 6 nitrogen and oxygen atoms in total. The minimum Gasteiger partial charge on any atom is -0.493 e. The van der Waals surface area contributed by atoms with Crippen LogP contribution in [0.2, 0.25) is 5.02 Å². The summed E-state index contributed by atoms with van der Waals surface area (Å²) in [6.07, 6.45) is -0.399. The molecule has 7 heteroatoms. The first kappa shape index (κ1) is 21.3. The van der Waals surface area contributed by atoms with Gasteiger partial charge in [-0.15, -0.1) is 0 Å². The predicted octanol–water partition coefficient (Wildman–Crippen LogP) is 4.25. The van der Waals surface area contributed by atoms with Gasteiger partial charge in [0.15, 0.2) is 6.10 Å². The van der Waals surface area contributed by atoms with Crippen LogP contribution in [0.4, 0.5) is 5.69 Å². The number of esters is 1. The molecule has 2 aromatic rings. The summed E-state index contributed by atoms with van der Waals surface area (Å²) in [4.78, 5) is 24.1. The lowest BCUT2D eigenvalue weighted by molar-refractivity contribution is -0.153. The smallest absolute Gasteiger partial charge is 0.306 e. The molecule has 2 rings (SSSR count). The van der Waals surface area contributed by atoms with Gasteiger partial charge in [-0.1, -0.05) is 23.7 Å². The van der Waals surface area contributed by atoms with Gasteiger partial charge in [-0.3, -0.25) is 9.59 Å². The number of nitrogens with one attached hydrogen (secondary N) is 1. The number of amides is 1. The van der Waals surface area contributed by atoms with E-state index in [4.69, 9.17) is 26.3 Å². The second kappa shape index (κ2) is 10.3. The highest BCUT2D eigenvalue weighted by Crippen LogP contribution is 2.22. The Kier molecular flexibility index (Phi) is 7.85. The molecule has 28 heavy (non-hydrogen) atoms. The summed E-state index contributed by atoms with van der Waals surface area (Å²) < 4.78 is 10.8. The Morgan fingerprint density at radius 2 is 2.00 bits per heavy atom. The van der Waals surface area contributed by atoms with E-state index >= 15 is 0 Å². The molecule has 0 fully saturated rings. The number of aryl methyl sites for hydroxylation is 1. The second-order valence-electron chi connectivity index (χ2n) is 6.14. The number of rotatable bonds is 8. The van der Waals surface area contributed by atoms with Gasteiger partial charge >= 0.3 is 5.97 Å². The number of ether oxygens (including phenoxy) is 2. The van der Waals surface area contributed by atoms with Crippen molar-refractivity contribution >= 4 is 29.2 Å². The molecule has 0 aliphatic carbocycles. The monoisotopic (exact) mass is 400 g/mol. The van der Waals surface area contributed by atoms with Gasteiger partial charge in [0.2, 0.25) is 0 Å². The first-order valence-corrected chi connectivity index (χ1v) is 9.17. The van der Waals surface area contributed by atoms with Crippen molar-refractivity contribution in [2.24, 2.45) is 0 Å². The van der Waals surface area contributed by atoms with Crippen molar-refractivity contribution in [1.82, 2.24) is 0 Å². The maximum Gasteiger partial charge on any atom is 0.306 e. The number of para-hydroxylation sites is 1. The van der Waals surface area contributed by atoms with Crippen LogP contribution in [-0.4, -0.2) is 24.6 Å². The van der Waals surface area contributed by atoms with Crippen LogP contribution in [0.25, 0.3) is 0 Å². The summed E-state index contributed by atoms with van der Waals surface area (Å²) in [5, 5.41) is 12.3. The highest BCUT2D eigenvalue weighted by Gasteiger charge is 2.18. The van der Waals surface area contributed by atoms with Crippen LogP contribution in [0.15, 0.2) is 42.5 Å². The third kappa shape index (κ3) is 6.29. The minimum atomic E-state index is -0.973. The van der Waals surface area contributed by atoms with Crippen LogP contribution in [0, 0.1) is 18.3 Å². The summed E-state index contributed by atoms with van der Waals surface area (Å²) in [5.74, 6) is -0.279. The lowest BCUT2D eigenvalue weighted by Crippen LogP contribution is -2.30. The number of benzene rings is 2. The average molecular weight is 401 g/mol. The molecular formula is C21H21ClN2O4. The van der Waals surface area contributed by atoms with Crippen LogP contribution >= 0.6 is 11.6 Å².